The van der Waals surface area contributed by atoms with Gasteiger partial charge in [0.15, 0.2) is 0 Å². The maximum Gasteiger partial charge on any atom is 0.122 e. The van der Waals surface area contributed by atoms with E-state index in [1.807, 2.05) is 0 Å². The van der Waals surface area contributed by atoms with Crippen LogP contribution in [0, 0.1) is 17.2 Å². The van der Waals surface area contributed by atoms with E-state index in [4.69, 9.17) is 4.74 Å². The molecule has 0 saturated heterocycles. The third-order valence-electron chi connectivity index (χ3n) is 4.06. The maximum atomic E-state index is 9.62. The van der Waals surface area contributed by atoms with Gasteiger partial charge in [-0.1, -0.05) is 6.92 Å². The quantitative estimate of drug-likeness (QED) is 0.672. The lowest BCUT2D eigenvalue weighted by atomic mass is 9.94. The van der Waals surface area contributed by atoms with Crippen molar-refractivity contribution in [3.63, 3.8) is 0 Å². The average Bonchev–Trinajstić information content (AvgIpc) is 3.23. The van der Waals surface area contributed by atoms with Gasteiger partial charge in [-0.3, -0.25) is 10.2 Å². The van der Waals surface area contributed by atoms with Crippen LogP contribution in [0.25, 0.3) is 0 Å². The van der Waals surface area contributed by atoms with Gasteiger partial charge >= 0.3 is 0 Å². The highest BCUT2D eigenvalue weighted by molar-refractivity contribution is 5.17. The molecule has 0 aromatic heterocycles. The lowest BCUT2D eigenvalue weighted by Crippen LogP contribution is -2.55. The van der Waals surface area contributed by atoms with Crippen molar-refractivity contribution < 1.29 is 4.74 Å². The van der Waals surface area contributed by atoms with E-state index >= 15 is 0 Å². The Hall–Kier alpha value is -0.630. The van der Waals surface area contributed by atoms with Gasteiger partial charge in [-0.15, -0.1) is 0 Å². The predicted octanol–water partition coefficient (Wildman–Crippen LogP) is 1.38. The second kappa shape index (κ2) is 6.01. The van der Waals surface area contributed by atoms with E-state index in [1.165, 1.54) is 25.7 Å². The Labute approximate surface area is 110 Å². The number of nitrogens with zero attached hydrogens (tertiary/aromatic N) is 2. The van der Waals surface area contributed by atoms with Crippen LogP contribution in [0.3, 0.4) is 0 Å². The molecule has 4 nitrogen and oxygen atoms in total. The van der Waals surface area contributed by atoms with E-state index < -0.39 is 0 Å². The Bertz CT molecular complexity index is 307. The number of ether oxygens (including phenoxy) is 1. The summed E-state index contributed by atoms with van der Waals surface area (Å²) < 4.78 is 5.19. The number of hydrogen-bond donors (Lipinski definition) is 1. The second-order valence-electron chi connectivity index (χ2n) is 5.58. The van der Waals surface area contributed by atoms with Crippen LogP contribution >= 0.6 is 0 Å². The largest absolute Gasteiger partial charge is 0.383 e. The summed E-state index contributed by atoms with van der Waals surface area (Å²) >= 11 is 0. The molecule has 2 rings (SSSR count). The van der Waals surface area contributed by atoms with Gasteiger partial charge < -0.3 is 4.74 Å². The Morgan fingerprint density at radius 3 is 2.56 bits per heavy atom. The highest BCUT2D eigenvalue weighted by Gasteiger charge is 2.47. The van der Waals surface area contributed by atoms with E-state index in [1.54, 1.807) is 7.11 Å². The predicted molar refractivity (Wildman–Crippen MR) is 71.2 cm³/mol. The lowest BCUT2D eigenvalue weighted by Gasteiger charge is -2.34. The molecular formula is C14H25N3O. The Morgan fingerprint density at radius 1 is 1.39 bits per heavy atom. The van der Waals surface area contributed by atoms with Crippen LogP contribution in [0.4, 0.5) is 0 Å². The third-order valence-corrected chi connectivity index (χ3v) is 4.06. The molecule has 0 spiro atoms. The minimum atomic E-state index is -0.328. The molecule has 0 aliphatic heterocycles. The maximum absolute atomic E-state index is 9.62. The van der Waals surface area contributed by atoms with Crippen LogP contribution in [0.5, 0.6) is 0 Å². The standard InChI is InChI=1S/C14H25N3O/c1-3-16-14(10-15,12-4-5-12)11-17(8-9-18-2)13-6-7-13/h12-13,16H,3-9,11H2,1-2H3. The smallest absolute Gasteiger partial charge is 0.122 e. The molecule has 18 heavy (non-hydrogen) atoms. The normalized spacial score (nSPS) is 22.8. The van der Waals surface area contributed by atoms with Gasteiger partial charge in [0, 0.05) is 26.2 Å². The van der Waals surface area contributed by atoms with Crippen molar-refractivity contribution in [3.8, 4) is 6.07 Å². The second-order valence-corrected chi connectivity index (χ2v) is 5.58. The molecule has 4 heteroatoms. The SMILES string of the molecule is CCNC(C#N)(CN(CCOC)C1CC1)C1CC1. The monoisotopic (exact) mass is 251 g/mol. The fourth-order valence-electron chi connectivity index (χ4n) is 2.75. The molecule has 0 bridgehead atoms. The van der Waals surface area contributed by atoms with E-state index in [0.29, 0.717) is 12.0 Å². The minimum absolute atomic E-state index is 0.328. The lowest BCUT2D eigenvalue weighted by molar-refractivity contribution is 0.122. The van der Waals surface area contributed by atoms with Gasteiger partial charge in [-0.05, 0) is 38.1 Å². The Morgan fingerprint density at radius 2 is 2.11 bits per heavy atom. The fourth-order valence-corrected chi connectivity index (χ4v) is 2.75. The van der Waals surface area contributed by atoms with Crippen molar-refractivity contribution in [2.45, 2.75) is 44.2 Å². The number of likely N-dealkylation sites (N-methyl/N-ethyl adjacent to an activating group) is 1. The van der Waals surface area contributed by atoms with Crippen molar-refractivity contribution in [2.24, 2.45) is 5.92 Å². The molecule has 0 radical (unpaired) electrons. The minimum Gasteiger partial charge on any atom is -0.383 e. The fraction of sp³-hybridized carbons (Fsp3) is 0.929. The van der Waals surface area contributed by atoms with Crippen LogP contribution in [0.1, 0.15) is 32.6 Å². The van der Waals surface area contributed by atoms with Gasteiger partial charge in [0.05, 0.1) is 12.7 Å². The summed E-state index contributed by atoms with van der Waals surface area (Å²) in [7, 11) is 1.74. The molecule has 102 valence electrons. The summed E-state index contributed by atoms with van der Waals surface area (Å²) in [4.78, 5) is 2.45. The summed E-state index contributed by atoms with van der Waals surface area (Å²) in [6.07, 6.45) is 4.96. The van der Waals surface area contributed by atoms with E-state index in [0.717, 1.165) is 26.2 Å². The molecular weight excluding hydrogens is 226 g/mol. The molecule has 1 N–H and O–H groups in total. The molecule has 0 aromatic rings. The summed E-state index contributed by atoms with van der Waals surface area (Å²) in [6, 6.07) is 3.26. The number of rotatable bonds is 9. The van der Waals surface area contributed by atoms with Crippen molar-refractivity contribution in [1.29, 1.82) is 5.26 Å². The van der Waals surface area contributed by atoms with E-state index in [-0.39, 0.29) is 5.54 Å². The molecule has 2 fully saturated rings. The van der Waals surface area contributed by atoms with Crippen molar-refractivity contribution in [1.82, 2.24) is 10.2 Å². The number of nitriles is 1. The van der Waals surface area contributed by atoms with Crippen LogP contribution in [0.2, 0.25) is 0 Å². The molecule has 0 amide bonds. The molecule has 1 unspecified atom stereocenters. The van der Waals surface area contributed by atoms with Gasteiger partial charge in [-0.2, -0.15) is 5.26 Å². The van der Waals surface area contributed by atoms with E-state index in [2.05, 4.69) is 23.2 Å². The van der Waals surface area contributed by atoms with Crippen molar-refractivity contribution in [3.05, 3.63) is 0 Å². The highest BCUT2D eigenvalue weighted by Crippen LogP contribution is 2.41. The number of nitrogens with one attached hydrogen (secondary N) is 1. The first kappa shape index (κ1) is 13.8. The molecule has 0 heterocycles. The summed E-state index contributed by atoms with van der Waals surface area (Å²) in [5, 5.41) is 13.1. The zero-order valence-corrected chi connectivity index (χ0v) is 11.6. The Kier molecular flexibility index (Phi) is 4.60. The summed E-state index contributed by atoms with van der Waals surface area (Å²) in [5.74, 6) is 0.547. The van der Waals surface area contributed by atoms with Crippen molar-refractivity contribution in [2.75, 3.05) is 33.4 Å². The molecule has 0 aromatic carbocycles. The van der Waals surface area contributed by atoms with Gasteiger partial charge in [0.1, 0.15) is 5.54 Å². The van der Waals surface area contributed by atoms with Crippen molar-refractivity contribution >= 4 is 0 Å². The van der Waals surface area contributed by atoms with E-state index in [9.17, 15) is 5.26 Å². The molecule has 2 aliphatic carbocycles. The first-order chi connectivity index (χ1) is 8.75. The molecule has 2 aliphatic rings. The zero-order chi connectivity index (χ0) is 13.0. The molecule has 2 saturated carbocycles. The van der Waals surface area contributed by atoms with Crippen LogP contribution in [-0.4, -0.2) is 49.8 Å². The van der Waals surface area contributed by atoms with Gasteiger partial charge in [-0.25, -0.2) is 0 Å². The van der Waals surface area contributed by atoms with Crippen LogP contribution in [-0.2, 0) is 4.74 Å². The van der Waals surface area contributed by atoms with Gasteiger partial charge in [0.2, 0.25) is 0 Å². The Balaban J connectivity index is 1.98. The number of hydrogen-bond acceptors (Lipinski definition) is 4. The average molecular weight is 251 g/mol. The topological polar surface area (TPSA) is 48.3 Å². The van der Waals surface area contributed by atoms with Gasteiger partial charge in [0.25, 0.3) is 0 Å². The first-order valence-corrected chi connectivity index (χ1v) is 7.15. The summed E-state index contributed by atoms with van der Waals surface area (Å²) in [6.45, 7) is 5.52. The summed E-state index contributed by atoms with van der Waals surface area (Å²) in [5.41, 5.74) is -0.328. The van der Waals surface area contributed by atoms with Crippen LogP contribution < -0.4 is 5.32 Å². The number of methoxy groups -OCH3 is 1. The molecule has 1 atom stereocenters. The third kappa shape index (κ3) is 3.23. The highest BCUT2D eigenvalue weighted by atomic mass is 16.5. The zero-order valence-electron chi connectivity index (χ0n) is 11.6. The van der Waals surface area contributed by atoms with Crippen LogP contribution in [0.15, 0.2) is 0 Å². The first-order valence-electron chi connectivity index (χ1n) is 7.15.